The lowest BCUT2D eigenvalue weighted by Gasteiger charge is -2.10. The van der Waals surface area contributed by atoms with Gasteiger partial charge in [-0.3, -0.25) is 9.48 Å². The van der Waals surface area contributed by atoms with E-state index in [0.717, 1.165) is 28.1 Å². The molecule has 7 nitrogen and oxygen atoms in total. The molecule has 3 rings (SSSR count). The normalized spacial score (nSPS) is 11.8. The van der Waals surface area contributed by atoms with Crippen LogP contribution >= 0.6 is 0 Å². The van der Waals surface area contributed by atoms with Gasteiger partial charge in [-0.25, -0.2) is 13.1 Å². The van der Waals surface area contributed by atoms with Crippen LogP contribution in [0.3, 0.4) is 0 Å². The first-order chi connectivity index (χ1) is 16.1. The monoisotopic (exact) mass is 480 g/mol. The van der Waals surface area contributed by atoms with Crippen molar-refractivity contribution in [2.75, 3.05) is 13.1 Å². The largest absolute Gasteiger partial charge is 0.351 e. The van der Waals surface area contributed by atoms with Crippen molar-refractivity contribution in [3.8, 4) is 0 Å². The number of rotatable bonds is 9. The molecule has 0 aliphatic carbocycles. The minimum Gasteiger partial charge on any atom is -0.351 e. The fraction of sp³-hybridized carbons (Fsp3) is 0.308. The Balaban J connectivity index is 1.54. The van der Waals surface area contributed by atoms with Crippen LogP contribution < -0.4 is 10.0 Å². The number of carbonyl (C=O) groups excluding carboxylic acids is 1. The molecule has 3 aromatic rings. The Morgan fingerprint density at radius 1 is 0.971 bits per heavy atom. The van der Waals surface area contributed by atoms with Crippen molar-refractivity contribution in [2.45, 2.75) is 46.1 Å². The maximum atomic E-state index is 12.5. The number of aryl methyl sites for hydroxylation is 4. The van der Waals surface area contributed by atoms with Gasteiger partial charge in [0.05, 0.1) is 17.1 Å². The van der Waals surface area contributed by atoms with E-state index in [4.69, 9.17) is 0 Å². The maximum Gasteiger partial charge on any atom is 0.244 e. The van der Waals surface area contributed by atoms with Crippen LogP contribution in [0.2, 0.25) is 0 Å². The Morgan fingerprint density at radius 3 is 2.35 bits per heavy atom. The minimum absolute atomic E-state index is 0.0990. The summed E-state index contributed by atoms with van der Waals surface area (Å²) in [6.07, 6.45) is 3.20. The number of hydrogen-bond donors (Lipinski definition) is 2. The highest BCUT2D eigenvalue weighted by molar-refractivity contribution is 7.89. The van der Waals surface area contributed by atoms with Gasteiger partial charge in [-0.15, -0.1) is 0 Å². The zero-order valence-electron chi connectivity index (χ0n) is 20.3. The molecule has 1 aromatic heterocycles. The summed E-state index contributed by atoms with van der Waals surface area (Å²) >= 11 is 0. The Morgan fingerprint density at radius 2 is 1.65 bits per heavy atom. The number of sulfonamides is 1. The average Bonchev–Trinajstić information content (AvgIpc) is 3.05. The summed E-state index contributed by atoms with van der Waals surface area (Å²) in [6, 6.07) is 13.6. The molecule has 2 N–H and O–H groups in total. The van der Waals surface area contributed by atoms with E-state index in [1.54, 1.807) is 25.1 Å². The molecule has 0 aliphatic heterocycles. The van der Waals surface area contributed by atoms with E-state index in [-0.39, 0.29) is 23.9 Å². The van der Waals surface area contributed by atoms with Crippen molar-refractivity contribution < 1.29 is 13.2 Å². The highest BCUT2D eigenvalue weighted by atomic mass is 32.2. The van der Waals surface area contributed by atoms with E-state index in [0.29, 0.717) is 12.1 Å². The summed E-state index contributed by atoms with van der Waals surface area (Å²) in [5.74, 6) is -0.295. The van der Waals surface area contributed by atoms with Crippen LogP contribution in [0.1, 0.15) is 39.2 Å². The van der Waals surface area contributed by atoms with Crippen LogP contribution in [-0.2, 0) is 21.4 Å². The SMILES string of the molecule is Cc1ccc(Cn2nc(C)c(/C=C/C(=O)NCCNS(=O)(=O)c3cc(C)ccc3C)c2C)cc1. The highest BCUT2D eigenvalue weighted by Crippen LogP contribution is 2.17. The third-order valence-electron chi connectivity index (χ3n) is 5.64. The smallest absolute Gasteiger partial charge is 0.244 e. The molecule has 0 saturated carbocycles. The first-order valence-electron chi connectivity index (χ1n) is 11.2. The molecule has 2 aromatic carbocycles. The van der Waals surface area contributed by atoms with Gasteiger partial charge in [0, 0.05) is 30.4 Å². The minimum atomic E-state index is -3.63. The Labute approximate surface area is 201 Å². The van der Waals surface area contributed by atoms with Gasteiger partial charge in [0.2, 0.25) is 15.9 Å². The van der Waals surface area contributed by atoms with Crippen molar-refractivity contribution in [1.29, 1.82) is 0 Å². The van der Waals surface area contributed by atoms with Gasteiger partial charge in [0.25, 0.3) is 0 Å². The summed E-state index contributed by atoms with van der Waals surface area (Å²) in [6.45, 7) is 10.5. The van der Waals surface area contributed by atoms with Gasteiger partial charge in [-0.1, -0.05) is 42.0 Å². The molecule has 0 bridgehead atoms. The van der Waals surface area contributed by atoms with E-state index in [1.165, 1.54) is 11.6 Å². The number of hydrogen-bond acceptors (Lipinski definition) is 4. The van der Waals surface area contributed by atoms with Crippen molar-refractivity contribution in [3.05, 3.63) is 87.7 Å². The van der Waals surface area contributed by atoms with Crippen LogP contribution in [-0.4, -0.2) is 37.2 Å². The van der Waals surface area contributed by atoms with Gasteiger partial charge in [0.15, 0.2) is 0 Å². The molecule has 0 fully saturated rings. The summed E-state index contributed by atoms with van der Waals surface area (Å²) < 4.78 is 29.5. The van der Waals surface area contributed by atoms with Gasteiger partial charge >= 0.3 is 0 Å². The molecule has 0 spiro atoms. The van der Waals surface area contributed by atoms with Gasteiger partial charge < -0.3 is 5.32 Å². The predicted octanol–water partition coefficient (Wildman–Crippen LogP) is 3.58. The molecule has 0 unspecified atom stereocenters. The Kier molecular flexibility index (Phi) is 8.06. The van der Waals surface area contributed by atoms with Crippen LogP contribution in [0.15, 0.2) is 53.4 Å². The number of nitrogens with zero attached hydrogens (tertiary/aromatic N) is 2. The standard InChI is InChI=1S/C26H32N4O3S/c1-18-7-10-23(11-8-18)17-30-22(5)24(21(4)29-30)12-13-26(31)27-14-15-28-34(32,33)25-16-19(2)6-9-20(25)3/h6-13,16,28H,14-15,17H2,1-5H3,(H,27,31)/b13-12+. The predicted molar refractivity (Wildman–Crippen MR) is 135 cm³/mol. The topological polar surface area (TPSA) is 93.1 Å². The maximum absolute atomic E-state index is 12.5. The third-order valence-corrected chi connectivity index (χ3v) is 7.24. The summed E-state index contributed by atoms with van der Waals surface area (Å²) in [5, 5.41) is 7.32. The van der Waals surface area contributed by atoms with Gasteiger partial charge in [-0.05, 0) is 63.5 Å². The van der Waals surface area contributed by atoms with E-state index in [9.17, 15) is 13.2 Å². The molecule has 0 atom stereocenters. The van der Waals surface area contributed by atoms with Crippen LogP contribution in [0, 0.1) is 34.6 Å². The Bertz CT molecular complexity index is 1310. The number of carbonyl (C=O) groups is 1. The highest BCUT2D eigenvalue weighted by Gasteiger charge is 2.16. The fourth-order valence-electron chi connectivity index (χ4n) is 3.64. The molecule has 8 heteroatoms. The summed E-state index contributed by atoms with van der Waals surface area (Å²) in [5.41, 5.74) is 6.64. The Hall–Kier alpha value is -3.23. The second kappa shape index (κ2) is 10.8. The van der Waals surface area contributed by atoms with Crippen LogP contribution in [0.5, 0.6) is 0 Å². The third kappa shape index (κ3) is 6.42. The van der Waals surface area contributed by atoms with E-state index >= 15 is 0 Å². The van der Waals surface area contributed by atoms with Crippen LogP contribution in [0.25, 0.3) is 6.08 Å². The van der Waals surface area contributed by atoms with Gasteiger partial charge in [-0.2, -0.15) is 5.10 Å². The number of aromatic nitrogens is 2. The van der Waals surface area contributed by atoms with Crippen molar-refractivity contribution >= 4 is 22.0 Å². The number of amides is 1. The fourth-order valence-corrected chi connectivity index (χ4v) is 5.00. The lowest BCUT2D eigenvalue weighted by atomic mass is 10.1. The molecule has 0 aliphatic rings. The molecule has 0 saturated heterocycles. The van der Waals surface area contributed by atoms with E-state index < -0.39 is 10.0 Å². The first-order valence-corrected chi connectivity index (χ1v) is 12.7. The van der Waals surface area contributed by atoms with Gasteiger partial charge in [0.1, 0.15) is 0 Å². The molecule has 34 heavy (non-hydrogen) atoms. The van der Waals surface area contributed by atoms with Crippen LogP contribution in [0.4, 0.5) is 0 Å². The first kappa shape index (κ1) is 25.4. The summed E-state index contributed by atoms with van der Waals surface area (Å²) in [4.78, 5) is 12.5. The lowest BCUT2D eigenvalue weighted by Crippen LogP contribution is -2.34. The van der Waals surface area contributed by atoms with Crippen molar-refractivity contribution in [2.24, 2.45) is 0 Å². The van der Waals surface area contributed by atoms with Crippen molar-refractivity contribution in [1.82, 2.24) is 19.8 Å². The lowest BCUT2D eigenvalue weighted by molar-refractivity contribution is -0.116. The van der Waals surface area contributed by atoms with Crippen molar-refractivity contribution in [3.63, 3.8) is 0 Å². The van der Waals surface area contributed by atoms with E-state index in [2.05, 4.69) is 46.3 Å². The quantitative estimate of drug-likeness (QED) is 0.362. The number of benzene rings is 2. The molecule has 180 valence electrons. The molecular formula is C26H32N4O3S. The summed E-state index contributed by atoms with van der Waals surface area (Å²) in [7, 11) is -3.63. The number of nitrogens with one attached hydrogen (secondary N) is 2. The molecule has 1 heterocycles. The molecule has 0 radical (unpaired) electrons. The zero-order valence-corrected chi connectivity index (χ0v) is 21.2. The molecular weight excluding hydrogens is 448 g/mol. The molecule has 1 amide bonds. The zero-order chi connectivity index (χ0) is 24.9. The second-order valence-electron chi connectivity index (χ2n) is 8.52. The van der Waals surface area contributed by atoms with E-state index in [1.807, 2.05) is 31.5 Å². The second-order valence-corrected chi connectivity index (χ2v) is 10.3. The average molecular weight is 481 g/mol.